The Kier molecular flexibility index (Phi) is 9.42. The molecule has 174 valence electrons. The van der Waals surface area contributed by atoms with E-state index in [4.69, 9.17) is 9.47 Å². The molecule has 3 fully saturated rings. The number of morpholine rings is 1. The Morgan fingerprint density at radius 2 is 1.97 bits per heavy atom. The molecule has 4 rings (SSSR count). The van der Waals surface area contributed by atoms with Crippen molar-refractivity contribution in [1.29, 1.82) is 0 Å². The van der Waals surface area contributed by atoms with Crippen molar-refractivity contribution < 1.29 is 9.47 Å². The number of hydrogen-bond donors (Lipinski definition) is 1. The lowest BCUT2D eigenvalue weighted by atomic mass is 9.95. The van der Waals surface area contributed by atoms with Gasteiger partial charge >= 0.3 is 0 Å². The number of thioether (sulfide) groups is 1. The number of nitrogens with zero attached hydrogens (tertiary/aromatic N) is 4. The Labute approximate surface area is 207 Å². The lowest BCUT2D eigenvalue weighted by Gasteiger charge is -2.44. The number of aliphatic imine (C=N–C) groups is 1. The van der Waals surface area contributed by atoms with E-state index in [2.05, 4.69) is 55.0 Å². The van der Waals surface area contributed by atoms with Crippen molar-refractivity contribution in [3.63, 3.8) is 0 Å². The highest BCUT2D eigenvalue weighted by Gasteiger charge is 2.41. The molecule has 7 nitrogen and oxygen atoms in total. The molecule has 0 saturated carbocycles. The number of ether oxygens (including phenoxy) is 2. The summed E-state index contributed by atoms with van der Waals surface area (Å²) in [4.78, 5) is 12.1. The van der Waals surface area contributed by atoms with Crippen LogP contribution in [0, 0.1) is 0 Å². The molecule has 3 aliphatic heterocycles. The Hall–Kier alpha value is -0.910. The van der Waals surface area contributed by atoms with E-state index >= 15 is 0 Å². The van der Waals surface area contributed by atoms with Crippen LogP contribution in [-0.4, -0.2) is 106 Å². The molecular weight excluding hydrogens is 525 g/mol. The fraction of sp³-hybridized carbons (Fsp3) is 0.682. The monoisotopic (exact) mass is 561 g/mol. The molecule has 1 aromatic rings. The fourth-order valence-electron chi connectivity index (χ4n) is 4.69. The van der Waals surface area contributed by atoms with Crippen LogP contribution in [0.1, 0.15) is 6.42 Å². The van der Waals surface area contributed by atoms with Crippen LogP contribution < -0.4 is 15.0 Å². The Balaban J connectivity index is 0.00000272. The predicted octanol–water partition coefficient (Wildman–Crippen LogP) is 2.22. The van der Waals surface area contributed by atoms with Gasteiger partial charge in [0.25, 0.3) is 0 Å². The van der Waals surface area contributed by atoms with Crippen molar-refractivity contribution >= 4 is 47.4 Å². The topological polar surface area (TPSA) is 52.6 Å². The Bertz CT molecular complexity index is 718. The number of benzene rings is 1. The summed E-state index contributed by atoms with van der Waals surface area (Å²) in [6.07, 6.45) is 1.24. The quantitative estimate of drug-likeness (QED) is 0.336. The minimum atomic E-state index is 0. The van der Waals surface area contributed by atoms with Gasteiger partial charge in [0.1, 0.15) is 5.75 Å². The minimum absolute atomic E-state index is 0. The van der Waals surface area contributed by atoms with E-state index in [-0.39, 0.29) is 29.5 Å². The second-order valence-corrected chi connectivity index (χ2v) is 9.31. The van der Waals surface area contributed by atoms with E-state index in [1.54, 1.807) is 7.11 Å². The number of nitrogens with one attached hydrogen (secondary N) is 1. The number of hydrogen-bond acceptors (Lipinski definition) is 6. The van der Waals surface area contributed by atoms with Crippen molar-refractivity contribution in [2.45, 2.75) is 12.0 Å². The van der Waals surface area contributed by atoms with Gasteiger partial charge in [-0.3, -0.25) is 9.89 Å². The second-order valence-electron chi connectivity index (χ2n) is 8.20. The van der Waals surface area contributed by atoms with Gasteiger partial charge in [-0.05, 0) is 24.3 Å². The van der Waals surface area contributed by atoms with Crippen molar-refractivity contribution in [1.82, 2.24) is 15.1 Å². The number of halogens is 1. The van der Waals surface area contributed by atoms with Gasteiger partial charge in [0, 0.05) is 75.9 Å². The van der Waals surface area contributed by atoms with Crippen LogP contribution in [0.5, 0.6) is 5.75 Å². The molecule has 0 bridgehead atoms. The summed E-state index contributed by atoms with van der Waals surface area (Å²) >= 11 is 2.08. The Morgan fingerprint density at radius 3 is 2.61 bits per heavy atom. The van der Waals surface area contributed by atoms with Gasteiger partial charge in [-0.25, -0.2) is 0 Å². The van der Waals surface area contributed by atoms with Crippen LogP contribution >= 0.6 is 35.7 Å². The second kappa shape index (κ2) is 11.8. The zero-order valence-corrected chi connectivity index (χ0v) is 21.9. The zero-order valence-electron chi connectivity index (χ0n) is 18.7. The van der Waals surface area contributed by atoms with E-state index in [0.29, 0.717) is 0 Å². The molecule has 1 atom stereocenters. The summed E-state index contributed by atoms with van der Waals surface area (Å²) < 4.78 is 11.0. The van der Waals surface area contributed by atoms with Gasteiger partial charge in [-0.2, -0.15) is 11.8 Å². The van der Waals surface area contributed by atoms with Gasteiger partial charge in [0.05, 0.1) is 20.3 Å². The van der Waals surface area contributed by atoms with E-state index in [0.717, 1.165) is 70.7 Å². The zero-order chi connectivity index (χ0) is 20.8. The molecule has 1 N–H and O–H groups in total. The largest absolute Gasteiger partial charge is 0.497 e. The maximum Gasteiger partial charge on any atom is 0.193 e. The summed E-state index contributed by atoms with van der Waals surface area (Å²) in [7, 11) is 3.63. The molecule has 0 amide bonds. The molecule has 9 heteroatoms. The average molecular weight is 562 g/mol. The van der Waals surface area contributed by atoms with Crippen LogP contribution in [0.25, 0.3) is 0 Å². The van der Waals surface area contributed by atoms with Crippen molar-refractivity contribution in [3.8, 4) is 5.75 Å². The molecule has 31 heavy (non-hydrogen) atoms. The molecule has 0 aromatic heterocycles. The molecule has 0 radical (unpaired) electrons. The third-order valence-electron chi connectivity index (χ3n) is 6.55. The molecule has 3 heterocycles. The van der Waals surface area contributed by atoms with Gasteiger partial charge in [0.15, 0.2) is 5.96 Å². The molecule has 1 unspecified atom stereocenters. The number of guanidine groups is 1. The average Bonchev–Trinajstić information content (AvgIpc) is 3.31. The van der Waals surface area contributed by atoms with Crippen LogP contribution in [-0.2, 0) is 4.74 Å². The normalized spacial score (nSPS) is 25.3. The maximum atomic E-state index is 5.59. The molecule has 0 aliphatic carbocycles. The molecular formula is C22H36IN5O2S. The summed E-state index contributed by atoms with van der Waals surface area (Å²) in [5, 5.41) is 3.73. The summed E-state index contributed by atoms with van der Waals surface area (Å²) in [6.45, 7) is 8.66. The highest BCUT2D eigenvalue weighted by Crippen LogP contribution is 2.33. The summed E-state index contributed by atoms with van der Waals surface area (Å²) in [6, 6.07) is 8.34. The lowest BCUT2D eigenvalue weighted by molar-refractivity contribution is -0.0121. The third kappa shape index (κ3) is 5.91. The summed E-state index contributed by atoms with van der Waals surface area (Å²) in [5.74, 6) is 4.39. The molecule has 3 aliphatic rings. The highest BCUT2D eigenvalue weighted by molar-refractivity contribution is 14.0. The molecule has 3 saturated heterocycles. The smallest absolute Gasteiger partial charge is 0.193 e. The van der Waals surface area contributed by atoms with E-state index < -0.39 is 0 Å². The van der Waals surface area contributed by atoms with Crippen LogP contribution in [0.2, 0.25) is 0 Å². The number of anilines is 1. The number of piperazine rings is 1. The molecule has 1 aromatic carbocycles. The van der Waals surface area contributed by atoms with Gasteiger partial charge in [0.2, 0.25) is 0 Å². The first-order valence-corrected chi connectivity index (χ1v) is 12.1. The first kappa shape index (κ1) is 24.7. The van der Waals surface area contributed by atoms with Crippen LogP contribution in [0.15, 0.2) is 29.3 Å². The molecule has 0 spiro atoms. The Morgan fingerprint density at radius 1 is 1.19 bits per heavy atom. The van der Waals surface area contributed by atoms with E-state index in [1.807, 2.05) is 13.1 Å². The SMILES string of the molecule is CN=C(NCC1(N2CCOCC2)CCSC1)N1CCN(c2cccc(OC)c2)CC1.I. The maximum absolute atomic E-state index is 5.59. The van der Waals surface area contributed by atoms with Gasteiger partial charge < -0.3 is 24.6 Å². The number of methoxy groups -OCH3 is 1. The number of rotatable bonds is 5. The van der Waals surface area contributed by atoms with E-state index in [9.17, 15) is 0 Å². The minimum Gasteiger partial charge on any atom is -0.497 e. The first-order chi connectivity index (χ1) is 14.7. The standard InChI is InChI=1S/C22H35N5O2S.HI/c1-23-21(24-17-22(6-15-30-18-22)27-11-13-29-14-12-27)26-9-7-25(8-10-26)19-4-3-5-20(16-19)28-2;/h3-5,16H,6-15,17-18H2,1-2H3,(H,23,24);1H. The van der Waals surface area contributed by atoms with Crippen molar-refractivity contribution in [2.75, 3.05) is 89.6 Å². The van der Waals surface area contributed by atoms with Crippen LogP contribution in [0.3, 0.4) is 0 Å². The predicted molar refractivity (Wildman–Crippen MR) is 141 cm³/mol. The third-order valence-corrected chi connectivity index (χ3v) is 7.78. The van der Waals surface area contributed by atoms with E-state index in [1.165, 1.54) is 23.6 Å². The van der Waals surface area contributed by atoms with Crippen LogP contribution in [0.4, 0.5) is 5.69 Å². The first-order valence-electron chi connectivity index (χ1n) is 11.0. The lowest BCUT2D eigenvalue weighted by Crippen LogP contribution is -2.61. The van der Waals surface area contributed by atoms with Crippen molar-refractivity contribution in [3.05, 3.63) is 24.3 Å². The van der Waals surface area contributed by atoms with Gasteiger partial charge in [-0.15, -0.1) is 24.0 Å². The summed E-state index contributed by atoms with van der Waals surface area (Å²) in [5.41, 5.74) is 1.46. The highest BCUT2D eigenvalue weighted by atomic mass is 127. The van der Waals surface area contributed by atoms with Crippen molar-refractivity contribution in [2.24, 2.45) is 4.99 Å². The fourth-order valence-corrected chi connectivity index (χ4v) is 6.17. The van der Waals surface area contributed by atoms with Gasteiger partial charge in [-0.1, -0.05) is 6.07 Å².